The summed E-state index contributed by atoms with van der Waals surface area (Å²) in [7, 11) is -3.49. The van der Waals surface area contributed by atoms with E-state index in [1.54, 1.807) is 13.0 Å². The van der Waals surface area contributed by atoms with E-state index in [4.69, 9.17) is 0 Å². The number of carbonyl (C=O) groups excluding carboxylic acids is 1. The molecule has 1 amide bonds. The Morgan fingerprint density at radius 2 is 1.72 bits per heavy atom. The smallest absolute Gasteiger partial charge is 0.370 e. The summed E-state index contributed by atoms with van der Waals surface area (Å²) < 4.78 is 67.6. The molecular formula is C25H22F3N3O4S. The monoisotopic (exact) mass is 517 g/mol. The fourth-order valence-corrected chi connectivity index (χ4v) is 4.63. The van der Waals surface area contributed by atoms with Crippen molar-refractivity contribution in [2.75, 3.05) is 11.6 Å². The topological polar surface area (TPSA) is 101 Å². The molecular weight excluding hydrogens is 495 g/mol. The Labute approximate surface area is 205 Å². The molecule has 3 aromatic carbocycles. The molecule has 0 saturated heterocycles. The zero-order valence-corrected chi connectivity index (χ0v) is 20.1. The number of halogens is 3. The van der Waals surface area contributed by atoms with Gasteiger partial charge in [-0.25, -0.2) is 13.4 Å². The average molecular weight is 518 g/mol. The van der Waals surface area contributed by atoms with Crippen LogP contribution >= 0.6 is 0 Å². The summed E-state index contributed by atoms with van der Waals surface area (Å²) in [5.41, 5.74) is -3.01. The minimum absolute atomic E-state index is 0.0248. The van der Waals surface area contributed by atoms with Crippen molar-refractivity contribution in [3.8, 4) is 0 Å². The zero-order valence-electron chi connectivity index (χ0n) is 19.2. The highest BCUT2D eigenvalue weighted by Gasteiger charge is 2.59. The van der Waals surface area contributed by atoms with Gasteiger partial charge in [-0.2, -0.15) is 13.2 Å². The first-order chi connectivity index (χ1) is 16.9. The highest BCUT2D eigenvalue weighted by Crippen LogP contribution is 2.44. The number of sulfone groups is 1. The molecule has 0 aliphatic heterocycles. The number of nitrogens with zero attached hydrogens (tertiary/aromatic N) is 2. The molecule has 0 aliphatic carbocycles. The minimum Gasteiger partial charge on any atom is -0.370 e. The van der Waals surface area contributed by atoms with Gasteiger partial charge in [0.05, 0.1) is 15.9 Å². The Hall–Kier alpha value is -3.70. The van der Waals surface area contributed by atoms with Gasteiger partial charge in [-0.3, -0.25) is 4.79 Å². The third-order valence-corrected chi connectivity index (χ3v) is 6.88. The van der Waals surface area contributed by atoms with E-state index >= 15 is 0 Å². The largest absolute Gasteiger partial charge is 0.428 e. The van der Waals surface area contributed by atoms with E-state index in [1.165, 1.54) is 71.3 Å². The normalized spacial score (nSPS) is 13.9. The number of aryl methyl sites for hydroxylation is 1. The molecule has 36 heavy (non-hydrogen) atoms. The molecule has 1 aromatic heterocycles. The highest BCUT2D eigenvalue weighted by molar-refractivity contribution is 7.90. The fraction of sp³-hybridized carbons (Fsp3) is 0.200. The predicted molar refractivity (Wildman–Crippen MR) is 128 cm³/mol. The number of aromatic nitrogens is 2. The second-order valence-electron chi connectivity index (χ2n) is 8.21. The first-order valence-electron chi connectivity index (χ1n) is 10.8. The van der Waals surface area contributed by atoms with E-state index in [0.717, 1.165) is 6.26 Å². The molecule has 0 fully saturated rings. The molecule has 0 aliphatic rings. The Kier molecular flexibility index (Phi) is 6.40. The second-order valence-corrected chi connectivity index (χ2v) is 10.2. The maximum Gasteiger partial charge on any atom is 0.428 e. The number of alkyl halides is 3. The van der Waals surface area contributed by atoms with E-state index in [-0.39, 0.29) is 39.3 Å². The number of carbonyl (C=O) groups is 1. The Morgan fingerprint density at radius 3 is 2.33 bits per heavy atom. The predicted octanol–water partition coefficient (Wildman–Crippen LogP) is 4.51. The molecule has 1 heterocycles. The summed E-state index contributed by atoms with van der Waals surface area (Å²) in [6.07, 6.45) is -4.03. The van der Waals surface area contributed by atoms with Gasteiger partial charge in [0.1, 0.15) is 0 Å². The molecule has 11 heteroatoms. The van der Waals surface area contributed by atoms with Crippen LogP contribution in [-0.4, -0.2) is 41.4 Å². The molecule has 0 spiro atoms. The SMILES string of the molecule is CCn1c([C@](O)(c2ccccc2)C(F)(F)F)nc2ccc(C(=O)Nc3cccc(S(C)(=O)=O)c3)cc21. The number of fused-ring (bicyclic) bond motifs is 1. The number of rotatable bonds is 6. The number of nitrogens with one attached hydrogen (secondary N) is 1. The second kappa shape index (κ2) is 9.07. The lowest BCUT2D eigenvalue weighted by Crippen LogP contribution is -2.45. The number of anilines is 1. The lowest BCUT2D eigenvalue weighted by molar-refractivity contribution is -0.252. The van der Waals surface area contributed by atoms with Crippen LogP contribution in [0.15, 0.2) is 77.7 Å². The number of hydrogen-bond donors (Lipinski definition) is 2. The molecule has 4 aromatic rings. The van der Waals surface area contributed by atoms with Crippen LogP contribution in [0.1, 0.15) is 28.7 Å². The summed E-state index contributed by atoms with van der Waals surface area (Å²) in [6, 6.07) is 16.6. The maximum absolute atomic E-state index is 14.3. The van der Waals surface area contributed by atoms with Gasteiger partial charge in [-0.15, -0.1) is 0 Å². The van der Waals surface area contributed by atoms with Crippen LogP contribution in [0.3, 0.4) is 0 Å². The summed E-state index contributed by atoms with van der Waals surface area (Å²) in [5.74, 6) is -1.21. The summed E-state index contributed by atoms with van der Waals surface area (Å²) in [5, 5.41) is 13.6. The van der Waals surface area contributed by atoms with Crippen molar-refractivity contribution in [3.63, 3.8) is 0 Å². The van der Waals surface area contributed by atoms with E-state index < -0.39 is 33.3 Å². The molecule has 0 radical (unpaired) electrons. The van der Waals surface area contributed by atoms with Gasteiger partial charge in [0.2, 0.25) is 5.60 Å². The summed E-state index contributed by atoms with van der Waals surface area (Å²) in [6.45, 7) is 1.65. The standard InChI is InChI=1S/C25H22F3N3O4S/c1-3-31-21-14-16(22(32)29-18-10-7-11-19(15-18)36(2,34)35)12-13-20(21)30-23(31)24(33,25(26,27)28)17-8-5-4-6-9-17/h4-15,33H,3H2,1-2H3,(H,29,32)/t24-/m1/s1. The molecule has 0 bridgehead atoms. The van der Waals surface area contributed by atoms with E-state index in [0.29, 0.717) is 0 Å². The molecule has 0 saturated carbocycles. The number of imidazole rings is 1. The number of amides is 1. The number of benzene rings is 3. The van der Waals surface area contributed by atoms with Gasteiger partial charge in [0, 0.05) is 29.6 Å². The van der Waals surface area contributed by atoms with Crippen molar-refractivity contribution < 1.29 is 31.5 Å². The Morgan fingerprint density at radius 1 is 1.03 bits per heavy atom. The summed E-state index contributed by atoms with van der Waals surface area (Å²) >= 11 is 0. The maximum atomic E-state index is 14.3. The van der Waals surface area contributed by atoms with E-state index in [1.807, 2.05) is 0 Å². The average Bonchev–Trinajstić information content (AvgIpc) is 3.21. The fourth-order valence-electron chi connectivity index (χ4n) is 3.97. The molecule has 188 valence electrons. The van der Waals surface area contributed by atoms with Crippen LogP contribution in [0, 0.1) is 0 Å². The first kappa shape index (κ1) is 25.4. The van der Waals surface area contributed by atoms with E-state index in [2.05, 4.69) is 10.3 Å². The van der Waals surface area contributed by atoms with Crippen LogP contribution in [0.2, 0.25) is 0 Å². The molecule has 0 unspecified atom stereocenters. The van der Waals surface area contributed by atoms with Crippen molar-refractivity contribution in [1.82, 2.24) is 9.55 Å². The lowest BCUT2D eigenvalue weighted by Gasteiger charge is -2.30. The third kappa shape index (κ3) is 4.47. The van der Waals surface area contributed by atoms with Crippen LogP contribution in [0.4, 0.5) is 18.9 Å². The number of aliphatic hydroxyl groups is 1. The van der Waals surface area contributed by atoms with Gasteiger partial charge in [-0.05, 0) is 43.3 Å². The van der Waals surface area contributed by atoms with Crippen molar-refractivity contribution in [2.24, 2.45) is 0 Å². The minimum atomic E-state index is -5.08. The van der Waals surface area contributed by atoms with Crippen LogP contribution in [0.25, 0.3) is 11.0 Å². The van der Waals surface area contributed by atoms with Crippen molar-refractivity contribution in [3.05, 3.63) is 89.7 Å². The van der Waals surface area contributed by atoms with Crippen LogP contribution in [-0.2, 0) is 22.0 Å². The quantitative estimate of drug-likeness (QED) is 0.392. The molecule has 1 atom stereocenters. The zero-order chi connectivity index (χ0) is 26.3. The van der Waals surface area contributed by atoms with Crippen molar-refractivity contribution in [1.29, 1.82) is 0 Å². The van der Waals surface area contributed by atoms with Gasteiger partial charge in [0.25, 0.3) is 5.91 Å². The molecule has 7 nitrogen and oxygen atoms in total. The Bertz CT molecular complexity index is 1550. The van der Waals surface area contributed by atoms with Crippen LogP contribution < -0.4 is 5.32 Å². The van der Waals surface area contributed by atoms with Crippen molar-refractivity contribution >= 4 is 32.5 Å². The highest BCUT2D eigenvalue weighted by atomic mass is 32.2. The van der Waals surface area contributed by atoms with E-state index in [9.17, 15) is 31.5 Å². The van der Waals surface area contributed by atoms with Crippen molar-refractivity contribution in [2.45, 2.75) is 30.1 Å². The van der Waals surface area contributed by atoms with Gasteiger partial charge in [-0.1, -0.05) is 36.4 Å². The third-order valence-electron chi connectivity index (χ3n) is 5.77. The van der Waals surface area contributed by atoms with Gasteiger partial charge < -0.3 is 15.0 Å². The molecule has 2 N–H and O–H groups in total. The lowest BCUT2D eigenvalue weighted by atomic mass is 9.92. The van der Waals surface area contributed by atoms with Gasteiger partial charge in [0.15, 0.2) is 15.7 Å². The Balaban J connectivity index is 1.78. The van der Waals surface area contributed by atoms with Crippen LogP contribution in [0.5, 0.6) is 0 Å². The summed E-state index contributed by atoms with van der Waals surface area (Å²) in [4.78, 5) is 17.0. The first-order valence-corrected chi connectivity index (χ1v) is 12.7. The molecule has 4 rings (SSSR count). The van der Waals surface area contributed by atoms with Gasteiger partial charge >= 0.3 is 6.18 Å². The number of hydrogen-bond acceptors (Lipinski definition) is 5.